The lowest BCUT2D eigenvalue weighted by molar-refractivity contribution is -0.0432. The molecule has 1 fully saturated rings. The van der Waals surface area contributed by atoms with Gasteiger partial charge in [0, 0.05) is 12.0 Å². The smallest absolute Gasteiger partial charge is 0.376 e. The first-order valence-corrected chi connectivity index (χ1v) is 9.15. The number of methoxy groups -OCH3 is 1. The molecule has 3 N–H and O–H groups in total. The quantitative estimate of drug-likeness (QED) is 0.509. The maximum Gasteiger partial charge on any atom is 0.376 e. The van der Waals surface area contributed by atoms with Crippen molar-refractivity contribution in [2.45, 2.75) is 24.9 Å². The number of anilines is 1. The van der Waals surface area contributed by atoms with Crippen LogP contribution in [0, 0.1) is 0 Å². The first-order chi connectivity index (χ1) is 14.5. The molecule has 3 heterocycles. The highest BCUT2D eigenvalue weighted by Crippen LogP contribution is 2.32. The maximum absolute atomic E-state index is 12.6. The minimum absolute atomic E-state index is 0.0326. The third kappa shape index (κ3) is 3.61. The Morgan fingerprint density at radius 2 is 2.07 bits per heavy atom. The van der Waals surface area contributed by atoms with Crippen LogP contribution in [-0.2, 0) is 9.47 Å². The zero-order chi connectivity index (χ0) is 21.3. The predicted molar refractivity (Wildman–Crippen MR) is 103 cm³/mol. The summed E-state index contributed by atoms with van der Waals surface area (Å²) in [4.78, 5) is 37.2. The number of fused-ring (bicyclic) bond motifs is 1. The van der Waals surface area contributed by atoms with Gasteiger partial charge in [0.2, 0.25) is 5.82 Å². The van der Waals surface area contributed by atoms with E-state index in [1.807, 2.05) is 0 Å². The van der Waals surface area contributed by atoms with Gasteiger partial charge in [0.15, 0.2) is 17.0 Å². The van der Waals surface area contributed by atoms with E-state index in [1.54, 1.807) is 30.3 Å². The third-order valence-corrected chi connectivity index (χ3v) is 4.75. The lowest BCUT2D eigenvalue weighted by Crippen LogP contribution is -2.24. The van der Waals surface area contributed by atoms with Crippen molar-refractivity contribution in [3.8, 4) is 0 Å². The van der Waals surface area contributed by atoms with Gasteiger partial charge in [0.1, 0.15) is 12.3 Å². The number of hydrogen-bond acceptors (Lipinski definition) is 9. The monoisotopic (exact) mass is 413 g/mol. The number of esters is 1. The summed E-state index contributed by atoms with van der Waals surface area (Å²) >= 11 is 0. The number of ether oxygens (including phenoxy) is 2. The topological polar surface area (TPSA) is 149 Å². The van der Waals surface area contributed by atoms with Gasteiger partial charge in [-0.25, -0.2) is 19.7 Å². The molecule has 30 heavy (non-hydrogen) atoms. The number of nitrogens with zero attached hydrogens (tertiary/aromatic N) is 4. The van der Waals surface area contributed by atoms with Crippen molar-refractivity contribution < 1.29 is 29.3 Å². The second kappa shape index (κ2) is 8.14. The van der Waals surface area contributed by atoms with Gasteiger partial charge in [-0.1, -0.05) is 18.2 Å². The SMILES string of the molecule is COC(=O)c1nc(NC(=O)c2ccccc2)c2ncn([C@H]3CC(O)[C@@H](CO)O3)c2n1. The molecule has 1 aliphatic heterocycles. The highest BCUT2D eigenvalue weighted by atomic mass is 16.5. The summed E-state index contributed by atoms with van der Waals surface area (Å²) in [6.07, 6.45) is -0.668. The van der Waals surface area contributed by atoms with Crippen LogP contribution in [0.3, 0.4) is 0 Å². The number of benzene rings is 1. The molecule has 4 rings (SSSR count). The van der Waals surface area contributed by atoms with E-state index in [2.05, 4.69) is 20.3 Å². The van der Waals surface area contributed by atoms with Crippen molar-refractivity contribution in [1.82, 2.24) is 19.5 Å². The largest absolute Gasteiger partial charge is 0.463 e. The van der Waals surface area contributed by atoms with Gasteiger partial charge in [0.05, 0.1) is 26.1 Å². The van der Waals surface area contributed by atoms with E-state index in [-0.39, 0.29) is 35.8 Å². The summed E-state index contributed by atoms with van der Waals surface area (Å²) in [6, 6.07) is 8.50. The molecule has 0 spiro atoms. The van der Waals surface area contributed by atoms with E-state index in [1.165, 1.54) is 18.0 Å². The molecule has 3 aromatic rings. The minimum Gasteiger partial charge on any atom is -0.463 e. The summed E-state index contributed by atoms with van der Waals surface area (Å²) in [5, 5.41) is 22.0. The van der Waals surface area contributed by atoms with Crippen molar-refractivity contribution in [1.29, 1.82) is 0 Å². The summed E-state index contributed by atoms with van der Waals surface area (Å²) in [6.45, 7) is -0.342. The summed E-state index contributed by atoms with van der Waals surface area (Å²) in [5.74, 6) is -1.47. The average molecular weight is 413 g/mol. The maximum atomic E-state index is 12.6. The second-order valence-electron chi connectivity index (χ2n) is 6.65. The molecule has 11 nitrogen and oxygen atoms in total. The number of aliphatic hydroxyl groups is 2. The zero-order valence-electron chi connectivity index (χ0n) is 15.9. The Balaban J connectivity index is 1.75. The standard InChI is InChI=1S/C19H19N5O6/c1-29-19(28)16-21-15(23-18(27)10-5-3-2-4-6-10)14-17(22-16)24(9-20-14)13-7-11(26)12(8-25)30-13/h2-6,9,11-13,25-26H,7-8H2,1H3,(H,21,22,23,27)/t11?,12-,13-/m1/s1. The van der Waals surface area contributed by atoms with E-state index in [0.29, 0.717) is 5.56 Å². The molecule has 1 aromatic carbocycles. The number of nitrogens with one attached hydrogen (secondary N) is 1. The Labute approximate surface area is 170 Å². The predicted octanol–water partition coefficient (Wildman–Crippen LogP) is 0.506. The molecule has 1 unspecified atom stereocenters. The number of carbonyl (C=O) groups excluding carboxylic acids is 2. The van der Waals surface area contributed by atoms with Gasteiger partial charge < -0.3 is 25.0 Å². The van der Waals surface area contributed by atoms with E-state index < -0.39 is 30.3 Å². The minimum atomic E-state index is -0.864. The van der Waals surface area contributed by atoms with E-state index >= 15 is 0 Å². The van der Waals surface area contributed by atoms with E-state index in [4.69, 9.17) is 9.47 Å². The summed E-state index contributed by atoms with van der Waals surface area (Å²) < 4.78 is 11.9. The lowest BCUT2D eigenvalue weighted by Gasteiger charge is -2.14. The van der Waals surface area contributed by atoms with Crippen molar-refractivity contribution in [2.75, 3.05) is 19.0 Å². The Bertz CT molecular complexity index is 1090. The number of hydrogen-bond donors (Lipinski definition) is 3. The normalized spacial score (nSPS) is 21.0. The summed E-state index contributed by atoms with van der Waals surface area (Å²) in [7, 11) is 1.19. The number of amides is 1. The van der Waals surface area contributed by atoms with E-state index in [9.17, 15) is 19.8 Å². The van der Waals surface area contributed by atoms with Crippen molar-refractivity contribution in [2.24, 2.45) is 0 Å². The van der Waals surface area contributed by atoms with Crippen LogP contribution in [-0.4, -0.2) is 67.5 Å². The number of imidazole rings is 1. The third-order valence-electron chi connectivity index (χ3n) is 4.75. The fourth-order valence-corrected chi connectivity index (χ4v) is 3.22. The van der Waals surface area contributed by atoms with Crippen LogP contribution in [0.5, 0.6) is 0 Å². The van der Waals surface area contributed by atoms with Gasteiger partial charge in [0.25, 0.3) is 5.91 Å². The molecule has 0 bridgehead atoms. The van der Waals surface area contributed by atoms with Crippen molar-refractivity contribution in [3.05, 3.63) is 48.0 Å². The van der Waals surface area contributed by atoms with Crippen molar-refractivity contribution >= 4 is 28.9 Å². The zero-order valence-corrected chi connectivity index (χ0v) is 15.9. The molecule has 0 saturated carbocycles. The summed E-state index contributed by atoms with van der Waals surface area (Å²) in [5.41, 5.74) is 0.846. The molecule has 0 aliphatic carbocycles. The van der Waals surface area contributed by atoms with Gasteiger partial charge in [-0.05, 0) is 12.1 Å². The fourth-order valence-electron chi connectivity index (χ4n) is 3.22. The van der Waals surface area contributed by atoms with Crippen LogP contribution >= 0.6 is 0 Å². The van der Waals surface area contributed by atoms with Crippen LogP contribution < -0.4 is 5.32 Å². The van der Waals surface area contributed by atoms with Gasteiger partial charge >= 0.3 is 5.97 Å². The fraction of sp³-hybridized carbons (Fsp3) is 0.316. The second-order valence-corrected chi connectivity index (χ2v) is 6.65. The molecule has 2 aromatic heterocycles. The molecular formula is C19H19N5O6. The lowest BCUT2D eigenvalue weighted by atomic mass is 10.2. The Morgan fingerprint density at radius 3 is 2.73 bits per heavy atom. The van der Waals surface area contributed by atoms with Crippen LogP contribution in [0.4, 0.5) is 5.82 Å². The number of carbonyl (C=O) groups is 2. The van der Waals surface area contributed by atoms with Crippen LogP contribution in [0.1, 0.15) is 33.6 Å². The Morgan fingerprint density at radius 1 is 1.30 bits per heavy atom. The van der Waals surface area contributed by atoms with Crippen LogP contribution in [0.2, 0.25) is 0 Å². The average Bonchev–Trinajstić information content (AvgIpc) is 3.36. The Hall–Kier alpha value is -3.41. The number of aromatic nitrogens is 4. The molecule has 0 radical (unpaired) electrons. The molecule has 11 heteroatoms. The highest BCUT2D eigenvalue weighted by molar-refractivity contribution is 6.07. The van der Waals surface area contributed by atoms with Gasteiger partial charge in [-0.2, -0.15) is 0 Å². The van der Waals surface area contributed by atoms with E-state index in [0.717, 1.165) is 0 Å². The van der Waals surface area contributed by atoms with Gasteiger partial charge in [-0.3, -0.25) is 9.36 Å². The van der Waals surface area contributed by atoms with Gasteiger partial charge in [-0.15, -0.1) is 0 Å². The number of aliphatic hydroxyl groups excluding tert-OH is 2. The molecular weight excluding hydrogens is 394 g/mol. The molecule has 1 amide bonds. The van der Waals surface area contributed by atoms with Crippen LogP contribution in [0.15, 0.2) is 36.7 Å². The molecule has 1 saturated heterocycles. The highest BCUT2D eigenvalue weighted by Gasteiger charge is 2.35. The first-order valence-electron chi connectivity index (χ1n) is 9.15. The van der Waals surface area contributed by atoms with Crippen LogP contribution in [0.25, 0.3) is 11.2 Å². The molecule has 1 aliphatic rings. The Kier molecular flexibility index (Phi) is 5.40. The van der Waals surface area contributed by atoms with Crippen molar-refractivity contribution in [3.63, 3.8) is 0 Å². The molecule has 3 atom stereocenters. The molecule has 156 valence electrons. The first kappa shape index (κ1) is 19.9. The number of rotatable bonds is 5.